The number of halogens is 1. The second-order valence-electron chi connectivity index (χ2n) is 6.14. The molecule has 2 aromatic rings. The number of nitrogens with one attached hydrogen (secondary N) is 1. The lowest BCUT2D eigenvalue weighted by atomic mass is 10.0. The van der Waals surface area contributed by atoms with Crippen molar-refractivity contribution in [2.75, 3.05) is 27.9 Å². The van der Waals surface area contributed by atoms with E-state index in [0.717, 1.165) is 14.7 Å². The third-order valence-electron chi connectivity index (χ3n) is 4.34. The topological polar surface area (TPSA) is 66.0 Å². The Labute approximate surface area is 185 Å². The van der Waals surface area contributed by atoms with Crippen molar-refractivity contribution in [3.05, 3.63) is 69.8 Å². The second-order valence-corrected chi connectivity index (χ2v) is 7.30. The lowest BCUT2D eigenvalue weighted by Crippen LogP contribution is -2.43. The molecule has 0 saturated carbocycles. The third kappa shape index (κ3) is 6.19. The van der Waals surface area contributed by atoms with Crippen molar-refractivity contribution in [1.82, 2.24) is 5.32 Å². The van der Waals surface area contributed by atoms with Gasteiger partial charge in [0, 0.05) is 10.1 Å². The van der Waals surface area contributed by atoms with E-state index in [9.17, 15) is 4.79 Å². The zero-order valence-corrected chi connectivity index (χ0v) is 19.0. The van der Waals surface area contributed by atoms with E-state index in [1.165, 1.54) is 7.11 Å². The SMILES string of the molecule is C=CCO[C@@H](c1ccccc1I)[C@@H](NCc1ccc(OC)c(OC)c1)C(=O)OC. The Morgan fingerprint density at radius 2 is 1.86 bits per heavy atom. The van der Waals surface area contributed by atoms with Crippen LogP contribution >= 0.6 is 22.6 Å². The van der Waals surface area contributed by atoms with Crippen LogP contribution in [0, 0.1) is 3.57 Å². The van der Waals surface area contributed by atoms with Crippen LogP contribution in [0.25, 0.3) is 0 Å². The molecule has 0 saturated heterocycles. The summed E-state index contributed by atoms with van der Waals surface area (Å²) in [7, 11) is 4.54. The van der Waals surface area contributed by atoms with E-state index in [1.54, 1.807) is 20.3 Å². The van der Waals surface area contributed by atoms with Crippen LogP contribution in [0.5, 0.6) is 11.5 Å². The predicted molar refractivity (Wildman–Crippen MR) is 120 cm³/mol. The van der Waals surface area contributed by atoms with Crippen LogP contribution in [-0.2, 0) is 20.8 Å². The summed E-state index contributed by atoms with van der Waals surface area (Å²) in [6.07, 6.45) is 1.12. The van der Waals surface area contributed by atoms with E-state index in [2.05, 4.69) is 34.5 Å². The van der Waals surface area contributed by atoms with Gasteiger partial charge in [-0.3, -0.25) is 10.1 Å². The maximum Gasteiger partial charge on any atom is 0.325 e. The molecule has 0 amide bonds. The van der Waals surface area contributed by atoms with Gasteiger partial charge in [-0.1, -0.05) is 30.3 Å². The van der Waals surface area contributed by atoms with Gasteiger partial charge in [-0.05, 0) is 51.9 Å². The molecule has 0 aliphatic heterocycles. The van der Waals surface area contributed by atoms with Crippen LogP contribution in [0.2, 0.25) is 0 Å². The molecule has 2 aromatic carbocycles. The van der Waals surface area contributed by atoms with E-state index >= 15 is 0 Å². The summed E-state index contributed by atoms with van der Waals surface area (Å²) in [5.74, 6) is 0.865. The Hall–Kier alpha value is -2.10. The highest BCUT2D eigenvalue weighted by molar-refractivity contribution is 14.1. The van der Waals surface area contributed by atoms with Gasteiger partial charge in [0.2, 0.25) is 0 Å². The zero-order chi connectivity index (χ0) is 21.2. The number of carbonyl (C=O) groups is 1. The standard InChI is InChI=1S/C22H26INO5/c1-5-12-29-21(16-8-6-7-9-17(16)23)20(22(25)28-4)24-14-15-10-11-18(26-2)19(13-15)27-3/h5-11,13,20-21,24H,1,12,14H2,2-4H3/t20-,21+/m1/s1. The fraction of sp³-hybridized carbons (Fsp3) is 0.318. The number of hydrogen-bond donors (Lipinski definition) is 1. The van der Waals surface area contributed by atoms with Gasteiger partial charge in [-0.25, -0.2) is 0 Å². The Bertz CT molecular complexity index is 827. The van der Waals surface area contributed by atoms with Gasteiger partial charge < -0.3 is 18.9 Å². The van der Waals surface area contributed by atoms with E-state index in [1.807, 2.05) is 42.5 Å². The molecule has 0 aromatic heterocycles. The summed E-state index contributed by atoms with van der Waals surface area (Å²) in [6, 6.07) is 12.7. The quantitative estimate of drug-likeness (QED) is 0.281. The monoisotopic (exact) mass is 511 g/mol. The zero-order valence-electron chi connectivity index (χ0n) is 16.8. The van der Waals surface area contributed by atoms with E-state index in [4.69, 9.17) is 18.9 Å². The first kappa shape index (κ1) is 23.2. The van der Waals surface area contributed by atoms with Crippen LogP contribution in [0.3, 0.4) is 0 Å². The molecule has 0 radical (unpaired) electrons. The Balaban J connectivity index is 2.29. The number of carbonyl (C=O) groups excluding carboxylic acids is 1. The van der Waals surface area contributed by atoms with Crippen molar-refractivity contribution in [1.29, 1.82) is 0 Å². The maximum atomic E-state index is 12.6. The second kappa shape index (κ2) is 11.8. The highest BCUT2D eigenvalue weighted by Crippen LogP contribution is 2.29. The highest BCUT2D eigenvalue weighted by Gasteiger charge is 2.32. The van der Waals surface area contributed by atoms with Gasteiger partial charge in [0.15, 0.2) is 11.5 Å². The van der Waals surface area contributed by atoms with Crippen molar-refractivity contribution >= 4 is 28.6 Å². The van der Waals surface area contributed by atoms with Gasteiger partial charge in [0.05, 0.1) is 27.9 Å². The van der Waals surface area contributed by atoms with Crippen LogP contribution in [-0.4, -0.2) is 39.9 Å². The number of ether oxygens (including phenoxy) is 4. The first-order valence-electron chi connectivity index (χ1n) is 9.04. The normalized spacial score (nSPS) is 12.7. The Morgan fingerprint density at radius 1 is 1.14 bits per heavy atom. The van der Waals surface area contributed by atoms with Crippen LogP contribution in [0.4, 0.5) is 0 Å². The predicted octanol–water partition coefficient (Wildman–Crippen LogP) is 3.88. The summed E-state index contributed by atoms with van der Waals surface area (Å²) in [6.45, 7) is 4.43. The number of hydrogen-bond acceptors (Lipinski definition) is 6. The molecule has 0 fully saturated rings. The van der Waals surface area contributed by atoms with Gasteiger partial charge in [0.1, 0.15) is 12.1 Å². The molecule has 0 heterocycles. The molecule has 6 nitrogen and oxygen atoms in total. The van der Waals surface area contributed by atoms with E-state index in [-0.39, 0.29) is 0 Å². The molecule has 1 N–H and O–H groups in total. The molecule has 0 unspecified atom stereocenters. The van der Waals surface area contributed by atoms with Crippen LogP contribution < -0.4 is 14.8 Å². The highest BCUT2D eigenvalue weighted by atomic mass is 127. The average molecular weight is 511 g/mol. The minimum absolute atomic E-state index is 0.307. The van der Waals surface area contributed by atoms with Crippen molar-refractivity contribution in [2.45, 2.75) is 18.7 Å². The number of methoxy groups -OCH3 is 3. The number of esters is 1. The van der Waals surface area contributed by atoms with E-state index in [0.29, 0.717) is 24.7 Å². The van der Waals surface area contributed by atoms with Gasteiger partial charge in [0.25, 0.3) is 0 Å². The van der Waals surface area contributed by atoms with E-state index < -0.39 is 18.1 Å². The summed E-state index contributed by atoms with van der Waals surface area (Å²) in [5.41, 5.74) is 1.84. The summed E-state index contributed by atoms with van der Waals surface area (Å²) >= 11 is 2.24. The average Bonchev–Trinajstić information content (AvgIpc) is 2.75. The van der Waals surface area contributed by atoms with Crippen molar-refractivity contribution in [2.24, 2.45) is 0 Å². The molecule has 0 bridgehead atoms. The molecule has 29 heavy (non-hydrogen) atoms. The molecule has 0 spiro atoms. The smallest absolute Gasteiger partial charge is 0.325 e. The third-order valence-corrected chi connectivity index (χ3v) is 5.32. The first-order chi connectivity index (χ1) is 14.0. The molecule has 2 atom stereocenters. The molecule has 156 valence electrons. The summed E-state index contributed by atoms with van der Waals surface area (Å²) < 4.78 is 22.7. The minimum Gasteiger partial charge on any atom is -0.493 e. The fourth-order valence-corrected chi connectivity index (χ4v) is 3.60. The lowest BCUT2D eigenvalue weighted by molar-refractivity contribution is -0.147. The first-order valence-corrected chi connectivity index (χ1v) is 10.1. The van der Waals surface area contributed by atoms with Crippen LogP contribution in [0.15, 0.2) is 55.1 Å². The maximum absolute atomic E-state index is 12.6. The molecule has 0 aliphatic carbocycles. The molecule has 0 aliphatic rings. The summed E-state index contributed by atoms with van der Waals surface area (Å²) in [4.78, 5) is 12.6. The van der Waals surface area contributed by atoms with Gasteiger partial charge in [-0.2, -0.15) is 0 Å². The van der Waals surface area contributed by atoms with Gasteiger partial charge >= 0.3 is 5.97 Å². The Kier molecular flexibility index (Phi) is 9.43. The van der Waals surface area contributed by atoms with Gasteiger partial charge in [-0.15, -0.1) is 6.58 Å². The number of benzene rings is 2. The number of rotatable bonds is 11. The molecule has 2 rings (SSSR count). The molecule has 7 heteroatoms. The van der Waals surface area contributed by atoms with Crippen molar-refractivity contribution in [3.63, 3.8) is 0 Å². The molecular formula is C22H26INO5. The summed E-state index contributed by atoms with van der Waals surface area (Å²) in [5, 5.41) is 3.28. The minimum atomic E-state index is -0.705. The van der Waals surface area contributed by atoms with Crippen molar-refractivity contribution < 1.29 is 23.7 Å². The largest absolute Gasteiger partial charge is 0.493 e. The fourth-order valence-electron chi connectivity index (χ4n) is 2.90. The van der Waals surface area contributed by atoms with Crippen molar-refractivity contribution in [3.8, 4) is 11.5 Å². The lowest BCUT2D eigenvalue weighted by Gasteiger charge is -2.27. The Morgan fingerprint density at radius 3 is 2.48 bits per heavy atom. The van der Waals surface area contributed by atoms with Crippen LogP contribution in [0.1, 0.15) is 17.2 Å². The molecular weight excluding hydrogens is 485 g/mol.